The molecule has 2 aromatic rings. The van der Waals surface area contributed by atoms with Crippen LogP contribution in [0.15, 0.2) is 42.6 Å². The summed E-state index contributed by atoms with van der Waals surface area (Å²) in [6.07, 6.45) is 1.68. The first kappa shape index (κ1) is 12.4. The van der Waals surface area contributed by atoms with E-state index in [1.54, 1.807) is 6.20 Å². The van der Waals surface area contributed by atoms with Gasteiger partial charge in [0.1, 0.15) is 5.82 Å². The minimum absolute atomic E-state index is 0.168. The van der Waals surface area contributed by atoms with E-state index in [1.165, 1.54) is 5.56 Å². The molecule has 0 amide bonds. The molecule has 1 fully saturated rings. The molecule has 19 heavy (non-hydrogen) atoms. The number of anilines is 1. The highest BCUT2D eigenvalue weighted by Crippen LogP contribution is 2.28. The molecule has 0 spiro atoms. The summed E-state index contributed by atoms with van der Waals surface area (Å²) in [6.45, 7) is 2.16. The lowest BCUT2D eigenvalue weighted by atomic mass is 10.1. The maximum Gasteiger partial charge on any atom is 0.224 e. The molecule has 1 aliphatic rings. The van der Waals surface area contributed by atoms with Crippen LogP contribution in [-0.4, -0.2) is 29.7 Å². The highest BCUT2D eigenvalue weighted by atomic mass is 35.5. The summed E-state index contributed by atoms with van der Waals surface area (Å²) in [5, 5.41) is 0.274. The fourth-order valence-electron chi connectivity index (χ4n) is 2.32. The highest BCUT2D eigenvalue weighted by Gasteiger charge is 2.25. The molecular formula is C14H14ClN3O. The van der Waals surface area contributed by atoms with Gasteiger partial charge < -0.3 is 9.64 Å². The maximum atomic E-state index is 5.88. The lowest BCUT2D eigenvalue weighted by molar-refractivity contribution is 0.0937. The quantitative estimate of drug-likeness (QED) is 0.790. The van der Waals surface area contributed by atoms with Crippen LogP contribution in [0.25, 0.3) is 0 Å². The SMILES string of the molecule is Clc1nccc(N2CCOCC2c2ccccc2)n1. The molecule has 98 valence electrons. The van der Waals surface area contributed by atoms with Gasteiger partial charge in [-0.05, 0) is 23.2 Å². The predicted octanol–water partition coefficient (Wildman–Crippen LogP) is 2.71. The molecule has 0 bridgehead atoms. The number of nitrogens with zero attached hydrogens (tertiary/aromatic N) is 3. The molecule has 1 aliphatic heterocycles. The molecular weight excluding hydrogens is 262 g/mol. The minimum Gasteiger partial charge on any atom is -0.377 e. The van der Waals surface area contributed by atoms with Crippen molar-refractivity contribution < 1.29 is 4.74 Å². The van der Waals surface area contributed by atoms with E-state index in [4.69, 9.17) is 16.3 Å². The Morgan fingerprint density at radius 2 is 2.05 bits per heavy atom. The normalized spacial score (nSPS) is 19.4. The van der Waals surface area contributed by atoms with Crippen LogP contribution in [-0.2, 0) is 4.74 Å². The highest BCUT2D eigenvalue weighted by molar-refractivity contribution is 6.28. The Morgan fingerprint density at radius 3 is 2.84 bits per heavy atom. The van der Waals surface area contributed by atoms with E-state index in [0.717, 1.165) is 12.4 Å². The third-order valence-electron chi connectivity index (χ3n) is 3.22. The first-order chi connectivity index (χ1) is 9.34. The Kier molecular flexibility index (Phi) is 3.62. The van der Waals surface area contributed by atoms with Crippen molar-refractivity contribution in [3.05, 3.63) is 53.4 Å². The summed E-state index contributed by atoms with van der Waals surface area (Å²) in [7, 11) is 0. The van der Waals surface area contributed by atoms with Gasteiger partial charge in [-0.1, -0.05) is 30.3 Å². The van der Waals surface area contributed by atoms with Crippen molar-refractivity contribution in [2.45, 2.75) is 6.04 Å². The van der Waals surface area contributed by atoms with Crippen molar-refractivity contribution in [1.29, 1.82) is 0 Å². The number of hydrogen-bond donors (Lipinski definition) is 0. The van der Waals surface area contributed by atoms with Gasteiger partial charge in [-0.3, -0.25) is 0 Å². The van der Waals surface area contributed by atoms with Gasteiger partial charge in [0.15, 0.2) is 0 Å². The monoisotopic (exact) mass is 275 g/mol. The predicted molar refractivity (Wildman–Crippen MR) is 74.4 cm³/mol. The van der Waals surface area contributed by atoms with Crippen molar-refractivity contribution in [2.75, 3.05) is 24.7 Å². The smallest absolute Gasteiger partial charge is 0.224 e. The van der Waals surface area contributed by atoms with E-state index in [9.17, 15) is 0 Å². The van der Waals surface area contributed by atoms with E-state index in [2.05, 4.69) is 27.0 Å². The Balaban J connectivity index is 1.93. The van der Waals surface area contributed by atoms with Crippen LogP contribution in [0.2, 0.25) is 5.28 Å². The summed E-state index contributed by atoms with van der Waals surface area (Å²) in [6, 6.07) is 12.3. The van der Waals surface area contributed by atoms with Crippen molar-refractivity contribution in [3.63, 3.8) is 0 Å². The number of rotatable bonds is 2. The van der Waals surface area contributed by atoms with Gasteiger partial charge in [0.25, 0.3) is 0 Å². The number of halogens is 1. The molecule has 5 heteroatoms. The number of hydrogen-bond acceptors (Lipinski definition) is 4. The Labute approximate surface area is 117 Å². The zero-order valence-corrected chi connectivity index (χ0v) is 11.1. The first-order valence-electron chi connectivity index (χ1n) is 6.22. The van der Waals surface area contributed by atoms with Crippen molar-refractivity contribution >= 4 is 17.4 Å². The third-order valence-corrected chi connectivity index (χ3v) is 3.40. The molecule has 1 atom stereocenters. The Bertz CT molecular complexity index is 549. The van der Waals surface area contributed by atoms with E-state index < -0.39 is 0 Å². The summed E-state index contributed by atoms with van der Waals surface area (Å²) in [5.74, 6) is 0.845. The lowest BCUT2D eigenvalue weighted by Gasteiger charge is -2.36. The topological polar surface area (TPSA) is 38.2 Å². The molecule has 1 saturated heterocycles. The zero-order chi connectivity index (χ0) is 13.1. The summed E-state index contributed by atoms with van der Waals surface area (Å²) >= 11 is 5.88. The summed E-state index contributed by atoms with van der Waals surface area (Å²) < 4.78 is 5.60. The fraction of sp³-hybridized carbons (Fsp3) is 0.286. The largest absolute Gasteiger partial charge is 0.377 e. The summed E-state index contributed by atoms with van der Waals surface area (Å²) in [5.41, 5.74) is 1.22. The summed E-state index contributed by atoms with van der Waals surface area (Å²) in [4.78, 5) is 10.4. The molecule has 3 rings (SSSR count). The molecule has 0 saturated carbocycles. The second kappa shape index (κ2) is 5.55. The van der Waals surface area contributed by atoms with Crippen LogP contribution < -0.4 is 4.90 Å². The van der Waals surface area contributed by atoms with E-state index in [0.29, 0.717) is 13.2 Å². The molecule has 1 aromatic heterocycles. The standard InChI is InChI=1S/C14H14ClN3O/c15-14-16-7-6-13(17-14)18-8-9-19-10-12(18)11-4-2-1-3-5-11/h1-7,12H,8-10H2. The van der Waals surface area contributed by atoms with Crippen LogP contribution in [0.3, 0.4) is 0 Å². The van der Waals surface area contributed by atoms with Gasteiger partial charge in [-0.15, -0.1) is 0 Å². The Morgan fingerprint density at radius 1 is 1.21 bits per heavy atom. The number of morpholine rings is 1. The maximum absolute atomic E-state index is 5.88. The van der Waals surface area contributed by atoms with Gasteiger partial charge in [0.05, 0.1) is 19.3 Å². The minimum atomic E-state index is 0.168. The van der Waals surface area contributed by atoms with Crippen LogP contribution >= 0.6 is 11.6 Å². The molecule has 0 N–H and O–H groups in total. The molecule has 4 nitrogen and oxygen atoms in total. The van der Waals surface area contributed by atoms with E-state index in [1.807, 2.05) is 24.3 Å². The lowest BCUT2D eigenvalue weighted by Crippen LogP contribution is -2.40. The first-order valence-corrected chi connectivity index (χ1v) is 6.60. The number of ether oxygens (including phenoxy) is 1. The fourth-order valence-corrected chi connectivity index (χ4v) is 2.46. The zero-order valence-electron chi connectivity index (χ0n) is 10.4. The van der Waals surface area contributed by atoms with Crippen LogP contribution in [0.1, 0.15) is 11.6 Å². The van der Waals surface area contributed by atoms with Crippen LogP contribution in [0.5, 0.6) is 0 Å². The van der Waals surface area contributed by atoms with E-state index in [-0.39, 0.29) is 11.3 Å². The van der Waals surface area contributed by atoms with Gasteiger partial charge in [-0.25, -0.2) is 9.97 Å². The van der Waals surface area contributed by atoms with Gasteiger partial charge in [-0.2, -0.15) is 0 Å². The van der Waals surface area contributed by atoms with Gasteiger partial charge in [0, 0.05) is 12.7 Å². The van der Waals surface area contributed by atoms with Gasteiger partial charge >= 0.3 is 0 Å². The van der Waals surface area contributed by atoms with E-state index >= 15 is 0 Å². The number of benzene rings is 1. The van der Waals surface area contributed by atoms with Crippen LogP contribution in [0.4, 0.5) is 5.82 Å². The third kappa shape index (κ3) is 2.69. The molecule has 0 radical (unpaired) electrons. The molecule has 1 aromatic carbocycles. The van der Waals surface area contributed by atoms with Crippen LogP contribution in [0, 0.1) is 0 Å². The number of aromatic nitrogens is 2. The average Bonchev–Trinajstić information content (AvgIpc) is 2.48. The van der Waals surface area contributed by atoms with Crippen molar-refractivity contribution in [1.82, 2.24) is 9.97 Å². The Hall–Kier alpha value is -1.65. The molecule has 1 unspecified atom stereocenters. The average molecular weight is 276 g/mol. The van der Waals surface area contributed by atoms with Crippen molar-refractivity contribution in [3.8, 4) is 0 Å². The van der Waals surface area contributed by atoms with Crippen molar-refractivity contribution in [2.24, 2.45) is 0 Å². The molecule has 0 aliphatic carbocycles. The van der Waals surface area contributed by atoms with Gasteiger partial charge in [0.2, 0.25) is 5.28 Å². The molecule has 2 heterocycles. The second-order valence-corrected chi connectivity index (χ2v) is 4.72. The second-order valence-electron chi connectivity index (χ2n) is 4.38.